The molecule has 0 amide bonds. The highest BCUT2D eigenvalue weighted by molar-refractivity contribution is 7.90. The predicted octanol–water partition coefficient (Wildman–Crippen LogP) is 1.85. The largest absolute Gasteiger partial charge is 0.296 e. The average molecular weight is 249 g/mol. The summed E-state index contributed by atoms with van der Waals surface area (Å²) in [7, 11) is -3.68. The van der Waals surface area contributed by atoms with Crippen LogP contribution < -0.4 is 0 Å². The lowest BCUT2D eigenvalue weighted by Crippen LogP contribution is -2.14. The molecule has 0 aliphatic carbocycles. The number of carbonyl (C=O) groups is 1. The first kappa shape index (κ1) is 11.6. The molecule has 88 valence electrons. The molecule has 0 N–H and O–H groups in total. The standard InChI is InChI=1S/C12H11NO3S/c1-10-7-11(9-14)13(8-10)17(15,16)12-5-3-2-4-6-12/h2-9H,1H3. The summed E-state index contributed by atoms with van der Waals surface area (Å²) >= 11 is 0. The monoisotopic (exact) mass is 249 g/mol. The summed E-state index contributed by atoms with van der Waals surface area (Å²) in [6.07, 6.45) is 1.97. The highest BCUT2D eigenvalue weighted by Gasteiger charge is 2.19. The summed E-state index contributed by atoms with van der Waals surface area (Å²) in [4.78, 5) is 11.0. The first-order valence-corrected chi connectivity index (χ1v) is 6.44. The minimum absolute atomic E-state index is 0.131. The molecule has 0 spiro atoms. The van der Waals surface area contributed by atoms with Gasteiger partial charge in [0.05, 0.1) is 10.6 Å². The van der Waals surface area contributed by atoms with Crippen molar-refractivity contribution in [1.29, 1.82) is 0 Å². The van der Waals surface area contributed by atoms with Crippen LogP contribution in [0.25, 0.3) is 0 Å². The molecule has 0 atom stereocenters. The van der Waals surface area contributed by atoms with Crippen molar-refractivity contribution in [3.05, 3.63) is 53.9 Å². The maximum Gasteiger partial charge on any atom is 0.268 e. The second-order valence-corrected chi connectivity index (χ2v) is 5.49. The molecule has 2 rings (SSSR count). The van der Waals surface area contributed by atoms with E-state index in [0.717, 1.165) is 9.54 Å². The Balaban J connectivity index is 2.64. The van der Waals surface area contributed by atoms with Crippen molar-refractivity contribution in [2.45, 2.75) is 11.8 Å². The number of hydrogen-bond acceptors (Lipinski definition) is 3. The molecule has 1 aromatic carbocycles. The quantitative estimate of drug-likeness (QED) is 0.780. The SMILES string of the molecule is Cc1cc(C=O)n(S(=O)(=O)c2ccccc2)c1. The van der Waals surface area contributed by atoms with Gasteiger partial charge in [-0.15, -0.1) is 0 Å². The number of aldehydes is 1. The predicted molar refractivity (Wildman–Crippen MR) is 63.6 cm³/mol. The van der Waals surface area contributed by atoms with Crippen LogP contribution >= 0.6 is 0 Å². The Hall–Kier alpha value is -1.88. The van der Waals surface area contributed by atoms with Crippen LogP contribution in [0.1, 0.15) is 16.1 Å². The number of rotatable bonds is 3. The van der Waals surface area contributed by atoms with E-state index in [9.17, 15) is 13.2 Å². The molecule has 17 heavy (non-hydrogen) atoms. The molecule has 0 aliphatic heterocycles. The molecule has 0 radical (unpaired) electrons. The molecule has 0 saturated heterocycles. The average Bonchev–Trinajstić information content (AvgIpc) is 2.72. The highest BCUT2D eigenvalue weighted by Crippen LogP contribution is 2.17. The molecule has 0 unspecified atom stereocenters. The minimum atomic E-state index is -3.68. The summed E-state index contributed by atoms with van der Waals surface area (Å²) in [6.45, 7) is 1.74. The van der Waals surface area contributed by atoms with Crippen LogP contribution in [0.15, 0.2) is 47.5 Å². The normalized spacial score (nSPS) is 11.4. The third-order valence-corrected chi connectivity index (χ3v) is 4.07. The fraction of sp³-hybridized carbons (Fsp3) is 0.0833. The molecule has 2 aromatic rings. The van der Waals surface area contributed by atoms with Gasteiger partial charge in [0.15, 0.2) is 6.29 Å². The van der Waals surface area contributed by atoms with Crippen LogP contribution in [-0.2, 0) is 10.0 Å². The number of hydrogen-bond donors (Lipinski definition) is 0. The fourth-order valence-electron chi connectivity index (χ4n) is 1.59. The number of aromatic nitrogens is 1. The van der Waals surface area contributed by atoms with E-state index in [2.05, 4.69) is 0 Å². The van der Waals surface area contributed by atoms with E-state index >= 15 is 0 Å². The van der Waals surface area contributed by atoms with Gasteiger partial charge in [-0.05, 0) is 30.7 Å². The van der Waals surface area contributed by atoms with Gasteiger partial charge in [0.25, 0.3) is 10.0 Å². The van der Waals surface area contributed by atoms with Gasteiger partial charge in [-0.25, -0.2) is 12.4 Å². The zero-order valence-corrected chi connectivity index (χ0v) is 10.0. The first-order valence-electron chi connectivity index (χ1n) is 5.00. The molecule has 0 aliphatic rings. The van der Waals surface area contributed by atoms with Crippen molar-refractivity contribution in [2.75, 3.05) is 0 Å². The molecular formula is C12H11NO3S. The van der Waals surface area contributed by atoms with E-state index in [4.69, 9.17) is 0 Å². The van der Waals surface area contributed by atoms with Gasteiger partial charge in [-0.3, -0.25) is 4.79 Å². The lowest BCUT2D eigenvalue weighted by molar-refractivity contribution is 0.111. The van der Waals surface area contributed by atoms with Gasteiger partial charge in [0.2, 0.25) is 0 Å². The lowest BCUT2D eigenvalue weighted by Gasteiger charge is -2.06. The van der Waals surface area contributed by atoms with Crippen LogP contribution in [0.4, 0.5) is 0 Å². The van der Waals surface area contributed by atoms with Gasteiger partial charge in [0, 0.05) is 6.20 Å². The summed E-state index contributed by atoms with van der Waals surface area (Å²) in [5.41, 5.74) is 0.859. The Morgan fingerprint density at radius 2 is 1.82 bits per heavy atom. The summed E-state index contributed by atoms with van der Waals surface area (Å²) in [5.74, 6) is 0. The highest BCUT2D eigenvalue weighted by atomic mass is 32.2. The van der Waals surface area contributed by atoms with Gasteiger partial charge >= 0.3 is 0 Å². The third kappa shape index (κ3) is 2.01. The molecule has 0 bridgehead atoms. The Morgan fingerprint density at radius 1 is 1.18 bits per heavy atom. The minimum Gasteiger partial charge on any atom is -0.296 e. The smallest absolute Gasteiger partial charge is 0.268 e. The van der Waals surface area contributed by atoms with Crippen LogP contribution in [0, 0.1) is 6.92 Å². The second kappa shape index (κ2) is 4.18. The van der Waals surface area contributed by atoms with Crippen molar-refractivity contribution in [1.82, 2.24) is 3.97 Å². The van der Waals surface area contributed by atoms with E-state index < -0.39 is 10.0 Å². The molecule has 0 saturated carbocycles. The van der Waals surface area contributed by atoms with Gasteiger partial charge < -0.3 is 0 Å². The van der Waals surface area contributed by atoms with E-state index in [-0.39, 0.29) is 10.6 Å². The van der Waals surface area contributed by atoms with Crippen LogP contribution in [0.2, 0.25) is 0 Å². The molecule has 4 nitrogen and oxygen atoms in total. The lowest BCUT2D eigenvalue weighted by atomic mass is 10.3. The number of aryl methyl sites for hydroxylation is 1. The van der Waals surface area contributed by atoms with Crippen molar-refractivity contribution < 1.29 is 13.2 Å². The fourth-order valence-corrected chi connectivity index (χ4v) is 3.00. The number of carbonyl (C=O) groups excluding carboxylic acids is 1. The van der Waals surface area contributed by atoms with E-state index in [1.807, 2.05) is 0 Å². The van der Waals surface area contributed by atoms with Crippen molar-refractivity contribution in [3.8, 4) is 0 Å². The molecular weight excluding hydrogens is 238 g/mol. The van der Waals surface area contributed by atoms with Gasteiger partial charge in [-0.1, -0.05) is 18.2 Å². The Morgan fingerprint density at radius 3 is 2.41 bits per heavy atom. The van der Waals surface area contributed by atoms with E-state index in [0.29, 0.717) is 6.29 Å². The summed E-state index contributed by atoms with van der Waals surface area (Å²) in [5, 5.41) is 0. The molecule has 1 aromatic heterocycles. The van der Waals surface area contributed by atoms with Crippen molar-refractivity contribution in [3.63, 3.8) is 0 Å². The zero-order chi connectivity index (χ0) is 12.5. The van der Waals surface area contributed by atoms with Crippen LogP contribution in [0.5, 0.6) is 0 Å². The second-order valence-electron chi connectivity index (χ2n) is 3.67. The molecule has 0 fully saturated rings. The summed E-state index contributed by atoms with van der Waals surface area (Å²) < 4.78 is 25.5. The maximum atomic E-state index is 12.2. The Bertz CT molecular complexity index is 642. The topological polar surface area (TPSA) is 56.1 Å². The first-order chi connectivity index (χ1) is 8.05. The summed E-state index contributed by atoms with van der Waals surface area (Å²) in [6, 6.07) is 9.56. The maximum absolute atomic E-state index is 12.2. The van der Waals surface area contributed by atoms with Gasteiger partial charge in [0.1, 0.15) is 0 Å². The van der Waals surface area contributed by atoms with Crippen LogP contribution in [0.3, 0.4) is 0 Å². The Labute approximate surface area is 99.6 Å². The van der Waals surface area contributed by atoms with Crippen molar-refractivity contribution >= 4 is 16.3 Å². The van der Waals surface area contributed by atoms with Crippen molar-refractivity contribution in [2.24, 2.45) is 0 Å². The molecule has 5 heteroatoms. The molecule has 1 heterocycles. The van der Waals surface area contributed by atoms with E-state index in [1.54, 1.807) is 25.1 Å². The third-order valence-electron chi connectivity index (χ3n) is 2.37. The van der Waals surface area contributed by atoms with Crippen LogP contribution in [-0.4, -0.2) is 18.7 Å². The number of benzene rings is 1. The zero-order valence-electron chi connectivity index (χ0n) is 9.20. The van der Waals surface area contributed by atoms with Gasteiger partial charge in [-0.2, -0.15) is 0 Å². The number of nitrogens with zero attached hydrogens (tertiary/aromatic N) is 1. The Kier molecular flexibility index (Phi) is 2.85. The van der Waals surface area contributed by atoms with E-state index in [1.165, 1.54) is 24.4 Å².